The van der Waals surface area contributed by atoms with Crippen LogP contribution in [0.1, 0.15) is 0 Å². The molecule has 0 spiro atoms. The molecule has 2 aromatic rings. The van der Waals surface area contributed by atoms with Gasteiger partial charge in [0.15, 0.2) is 5.82 Å². The van der Waals surface area contributed by atoms with Gasteiger partial charge < -0.3 is 9.88 Å². The monoisotopic (exact) mass is 222 g/mol. The van der Waals surface area contributed by atoms with Crippen LogP contribution >= 0.6 is 11.6 Å². The molecule has 0 amide bonds. The SMILES string of the molecule is C=C(Cl)CNc1nccc2c1ncn2C. The first-order valence-corrected chi connectivity index (χ1v) is 4.89. The van der Waals surface area contributed by atoms with Crippen molar-refractivity contribution in [2.75, 3.05) is 11.9 Å². The van der Waals surface area contributed by atoms with Gasteiger partial charge in [-0.1, -0.05) is 18.2 Å². The highest BCUT2D eigenvalue weighted by molar-refractivity contribution is 6.29. The Balaban J connectivity index is 2.38. The van der Waals surface area contributed by atoms with Gasteiger partial charge in [-0.25, -0.2) is 9.97 Å². The molecule has 0 radical (unpaired) electrons. The van der Waals surface area contributed by atoms with Gasteiger partial charge in [0, 0.05) is 18.3 Å². The second-order valence-corrected chi connectivity index (χ2v) is 3.79. The van der Waals surface area contributed by atoms with Gasteiger partial charge in [0.25, 0.3) is 0 Å². The Bertz CT molecular complexity index is 503. The van der Waals surface area contributed by atoms with E-state index < -0.39 is 0 Å². The molecule has 5 heteroatoms. The smallest absolute Gasteiger partial charge is 0.154 e. The van der Waals surface area contributed by atoms with E-state index in [0.29, 0.717) is 11.6 Å². The second kappa shape index (κ2) is 3.90. The van der Waals surface area contributed by atoms with Crippen molar-refractivity contribution in [1.82, 2.24) is 14.5 Å². The highest BCUT2D eigenvalue weighted by atomic mass is 35.5. The highest BCUT2D eigenvalue weighted by Crippen LogP contribution is 2.18. The van der Waals surface area contributed by atoms with E-state index in [1.807, 2.05) is 17.7 Å². The maximum Gasteiger partial charge on any atom is 0.154 e. The zero-order valence-electron chi connectivity index (χ0n) is 8.37. The third-order valence-corrected chi connectivity index (χ3v) is 2.22. The largest absolute Gasteiger partial charge is 0.363 e. The first-order chi connectivity index (χ1) is 7.18. The van der Waals surface area contributed by atoms with Gasteiger partial charge in [-0.2, -0.15) is 0 Å². The van der Waals surface area contributed by atoms with E-state index in [9.17, 15) is 0 Å². The molecule has 0 aromatic carbocycles. The van der Waals surface area contributed by atoms with E-state index >= 15 is 0 Å². The summed E-state index contributed by atoms with van der Waals surface area (Å²) in [6.07, 6.45) is 3.50. The molecule has 0 saturated carbocycles. The first-order valence-electron chi connectivity index (χ1n) is 4.51. The van der Waals surface area contributed by atoms with Gasteiger partial charge in [0.05, 0.1) is 18.4 Å². The van der Waals surface area contributed by atoms with E-state index in [4.69, 9.17) is 11.6 Å². The standard InChI is InChI=1S/C10H11ClN4/c1-7(11)5-13-10-9-8(3-4-12-10)15(2)6-14-9/h3-4,6H,1,5H2,2H3,(H,12,13). The molecular weight excluding hydrogens is 212 g/mol. The van der Waals surface area contributed by atoms with E-state index in [1.165, 1.54) is 0 Å². The van der Waals surface area contributed by atoms with Crippen molar-refractivity contribution in [2.45, 2.75) is 0 Å². The van der Waals surface area contributed by atoms with Crippen molar-refractivity contribution in [3.8, 4) is 0 Å². The third kappa shape index (κ3) is 1.94. The summed E-state index contributed by atoms with van der Waals surface area (Å²) < 4.78 is 1.94. The average Bonchev–Trinajstić information content (AvgIpc) is 2.58. The predicted octanol–water partition coefficient (Wildman–Crippen LogP) is 2.13. The Hall–Kier alpha value is -1.55. The molecule has 0 unspecified atom stereocenters. The Kier molecular flexibility index (Phi) is 2.60. The van der Waals surface area contributed by atoms with Crippen LogP contribution in [0.4, 0.5) is 5.82 Å². The average molecular weight is 223 g/mol. The summed E-state index contributed by atoms with van der Waals surface area (Å²) in [6.45, 7) is 4.10. The fourth-order valence-corrected chi connectivity index (χ4v) is 1.44. The van der Waals surface area contributed by atoms with Crippen LogP contribution in [0, 0.1) is 0 Å². The highest BCUT2D eigenvalue weighted by Gasteiger charge is 2.05. The molecule has 0 aliphatic rings. The summed E-state index contributed by atoms with van der Waals surface area (Å²) in [6, 6.07) is 1.92. The molecule has 0 fully saturated rings. The van der Waals surface area contributed by atoms with Crippen molar-refractivity contribution in [2.24, 2.45) is 7.05 Å². The van der Waals surface area contributed by atoms with Gasteiger partial charge in [0.1, 0.15) is 5.52 Å². The maximum absolute atomic E-state index is 5.67. The molecule has 2 aromatic heterocycles. The van der Waals surface area contributed by atoms with Crippen molar-refractivity contribution < 1.29 is 0 Å². The molecule has 1 N–H and O–H groups in total. The van der Waals surface area contributed by atoms with Crippen LogP contribution in [-0.2, 0) is 7.05 Å². The lowest BCUT2D eigenvalue weighted by atomic mass is 10.4. The minimum Gasteiger partial charge on any atom is -0.363 e. The molecule has 2 heterocycles. The summed E-state index contributed by atoms with van der Waals surface area (Å²) in [5, 5.41) is 3.63. The number of hydrogen-bond acceptors (Lipinski definition) is 3. The molecule has 0 aliphatic carbocycles. The molecule has 2 rings (SSSR count). The van der Waals surface area contributed by atoms with Gasteiger partial charge >= 0.3 is 0 Å². The van der Waals surface area contributed by atoms with Crippen LogP contribution in [0.3, 0.4) is 0 Å². The number of imidazole rings is 1. The Morgan fingerprint density at radius 3 is 3.13 bits per heavy atom. The lowest BCUT2D eigenvalue weighted by Gasteiger charge is -2.04. The number of nitrogens with zero attached hydrogens (tertiary/aromatic N) is 3. The number of pyridine rings is 1. The molecular formula is C10H11ClN4. The van der Waals surface area contributed by atoms with E-state index in [-0.39, 0.29) is 0 Å². The molecule has 0 saturated heterocycles. The summed E-state index contributed by atoms with van der Waals surface area (Å²) in [7, 11) is 1.94. The minimum absolute atomic E-state index is 0.490. The molecule has 15 heavy (non-hydrogen) atoms. The van der Waals surface area contributed by atoms with Crippen LogP contribution in [-0.4, -0.2) is 21.1 Å². The van der Waals surface area contributed by atoms with Crippen LogP contribution in [0.2, 0.25) is 0 Å². The van der Waals surface area contributed by atoms with Crippen LogP contribution in [0.25, 0.3) is 11.0 Å². The Morgan fingerprint density at radius 1 is 1.60 bits per heavy atom. The van der Waals surface area contributed by atoms with Crippen molar-refractivity contribution in [3.63, 3.8) is 0 Å². The fourth-order valence-electron chi connectivity index (χ4n) is 1.37. The molecule has 0 aliphatic heterocycles. The van der Waals surface area contributed by atoms with Crippen LogP contribution < -0.4 is 5.32 Å². The number of nitrogens with one attached hydrogen (secondary N) is 1. The van der Waals surface area contributed by atoms with E-state index in [1.54, 1.807) is 12.5 Å². The summed E-state index contributed by atoms with van der Waals surface area (Å²) in [5.74, 6) is 0.731. The maximum atomic E-state index is 5.67. The minimum atomic E-state index is 0.490. The number of halogens is 1. The fraction of sp³-hybridized carbons (Fsp3) is 0.200. The normalized spacial score (nSPS) is 10.5. The van der Waals surface area contributed by atoms with Gasteiger partial charge in [0.2, 0.25) is 0 Å². The number of anilines is 1. The number of hydrogen-bond donors (Lipinski definition) is 1. The van der Waals surface area contributed by atoms with Crippen LogP contribution in [0.15, 0.2) is 30.2 Å². The Morgan fingerprint density at radius 2 is 2.40 bits per heavy atom. The summed E-state index contributed by atoms with van der Waals surface area (Å²) in [4.78, 5) is 8.47. The molecule has 0 bridgehead atoms. The van der Waals surface area contributed by atoms with Gasteiger partial charge in [-0.05, 0) is 6.07 Å². The van der Waals surface area contributed by atoms with Crippen molar-refractivity contribution >= 4 is 28.5 Å². The number of rotatable bonds is 3. The van der Waals surface area contributed by atoms with E-state index in [0.717, 1.165) is 16.9 Å². The zero-order chi connectivity index (χ0) is 10.8. The quantitative estimate of drug-likeness (QED) is 0.865. The van der Waals surface area contributed by atoms with Gasteiger partial charge in [-0.3, -0.25) is 0 Å². The third-order valence-electron chi connectivity index (χ3n) is 2.09. The summed E-state index contributed by atoms with van der Waals surface area (Å²) in [5.41, 5.74) is 1.88. The Labute approximate surface area is 92.6 Å². The molecule has 4 nitrogen and oxygen atoms in total. The zero-order valence-corrected chi connectivity index (χ0v) is 9.12. The first kappa shape index (κ1) is 9.98. The van der Waals surface area contributed by atoms with Crippen molar-refractivity contribution in [1.29, 1.82) is 0 Å². The number of aromatic nitrogens is 3. The summed E-state index contributed by atoms with van der Waals surface area (Å²) >= 11 is 5.67. The predicted molar refractivity (Wildman–Crippen MR) is 62.0 cm³/mol. The molecule has 78 valence electrons. The van der Waals surface area contributed by atoms with Crippen molar-refractivity contribution in [3.05, 3.63) is 30.2 Å². The second-order valence-electron chi connectivity index (χ2n) is 3.25. The number of aryl methyl sites for hydroxylation is 1. The number of fused-ring (bicyclic) bond motifs is 1. The molecule has 0 atom stereocenters. The van der Waals surface area contributed by atoms with Crippen LogP contribution in [0.5, 0.6) is 0 Å². The topological polar surface area (TPSA) is 42.7 Å². The lowest BCUT2D eigenvalue weighted by molar-refractivity contribution is 0.947. The van der Waals surface area contributed by atoms with Gasteiger partial charge in [-0.15, -0.1) is 0 Å². The van der Waals surface area contributed by atoms with E-state index in [2.05, 4.69) is 21.9 Å². The lowest BCUT2D eigenvalue weighted by Crippen LogP contribution is -2.03.